The van der Waals surface area contributed by atoms with E-state index >= 15 is 8.42 Å². The number of carbonyl (C=O) groups excluding carboxylic acids is 1. The number of para-hydroxylation sites is 1. The molecule has 3 aromatic rings. The summed E-state index contributed by atoms with van der Waals surface area (Å²) in [6.07, 6.45) is 9.79. The number of pyridine rings is 1. The van der Waals surface area contributed by atoms with Crippen LogP contribution in [-0.2, 0) is 19.6 Å². The number of benzene rings is 2. The monoisotopic (exact) mass is 818 g/mol. The zero-order valence-corrected chi connectivity index (χ0v) is 34.7. The van der Waals surface area contributed by atoms with Gasteiger partial charge in [0.1, 0.15) is 23.0 Å². The fraction of sp³-hybridized carbons (Fsp3) is 0.523. The Labute approximate surface area is 342 Å². The molecular weight excluding hydrogens is 761 g/mol. The summed E-state index contributed by atoms with van der Waals surface area (Å²) in [7, 11) is -4.28. The molecule has 0 spiro atoms. The van der Waals surface area contributed by atoms with Crippen molar-refractivity contribution in [3.8, 4) is 11.5 Å². The average molecular weight is 819 g/mol. The number of nitrogens with one attached hydrogen (secondary N) is 1. The molecule has 1 aromatic heterocycles. The number of oxime groups is 1. The van der Waals surface area contributed by atoms with Gasteiger partial charge in [-0.25, -0.2) is 13.2 Å². The molecule has 3 N–H and O–H groups in total. The minimum atomic E-state index is -4.28. The van der Waals surface area contributed by atoms with Gasteiger partial charge in [0.2, 0.25) is 15.8 Å². The van der Waals surface area contributed by atoms with E-state index in [0.717, 1.165) is 36.8 Å². The number of fused-ring (bicyclic) bond motifs is 3. The lowest BCUT2D eigenvalue weighted by atomic mass is 9.55. The second kappa shape index (κ2) is 19.6. The summed E-state index contributed by atoms with van der Waals surface area (Å²) >= 11 is 0. The van der Waals surface area contributed by atoms with Crippen molar-refractivity contribution in [3.63, 3.8) is 0 Å². The first kappa shape index (κ1) is 43.2. The van der Waals surface area contributed by atoms with Gasteiger partial charge in [-0.1, -0.05) is 55.3 Å². The maximum absolute atomic E-state index is 15.3. The molecule has 2 aliphatic carbocycles. The number of hydrogen-bond donors (Lipinski definition) is 3. The first-order valence-electron chi connectivity index (χ1n) is 20.7. The van der Waals surface area contributed by atoms with Crippen LogP contribution < -0.4 is 14.8 Å². The average Bonchev–Trinajstić information content (AvgIpc) is 3.22. The first-order chi connectivity index (χ1) is 28.2. The molecular formula is C44H58N4O9S. The van der Waals surface area contributed by atoms with E-state index in [4.69, 9.17) is 24.2 Å². The Bertz CT molecular complexity index is 2070. The van der Waals surface area contributed by atoms with E-state index in [9.17, 15) is 15.0 Å². The minimum absolute atomic E-state index is 0.0122. The Morgan fingerprint density at radius 3 is 2.59 bits per heavy atom. The van der Waals surface area contributed by atoms with Gasteiger partial charge in [-0.05, 0) is 93.7 Å². The normalized spacial score (nSPS) is 24.4. The standard InChI is InChI=1S/C44H58N4O9S/c1-5-23-48(58(52,53)38-19-13-16-30-17-14-22-46-42(30)38)39-29-36(47-55-8-4)34-27-31(15-9-11-24-49)33(18-10-12-25-50)40-35-28-32(56-43(51)45-7-3)20-21-37(35)57-44(39,41(34)40)54-26-6-2/h6,13-14,16-17,19-22,27-28,31,33,39-41,49-50H,2,5,7-12,15,18,23-26,29H2,1,3-4H3,(H,45,51). The zero-order valence-electron chi connectivity index (χ0n) is 33.8. The Hall–Kier alpha value is -4.34. The number of rotatable bonds is 20. The zero-order chi connectivity index (χ0) is 41.3. The summed E-state index contributed by atoms with van der Waals surface area (Å²) in [5.74, 6) is -1.74. The minimum Gasteiger partial charge on any atom is -0.460 e. The van der Waals surface area contributed by atoms with Crippen molar-refractivity contribution in [1.82, 2.24) is 14.6 Å². The third-order valence-electron chi connectivity index (χ3n) is 11.5. The fourth-order valence-electron chi connectivity index (χ4n) is 9.19. The molecule has 2 aromatic carbocycles. The molecule has 58 heavy (non-hydrogen) atoms. The summed E-state index contributed by atoms with van der Waals surface area (Å²) < 4.78 is 52.2. The largest absolute Gasteiger partial charge is 0.460 e. The quantitative estimate of drug-likeness (QED) is 0.0608. The molecule has 6 rings (SSSR count). The smallest absolute Gasteiger partial charge is 0.412 e. The lowest BCUT2D eigenvalue weighted by Gasteiger charge is -2.59. The molecule has 6 unspecified atom stereocenters. The second-order valence-corrected chi connectivity index (χ2v) is 16.9. The van der Waals surface area contributed by atoms with Crippen LogP contribution in [0.25, 0.3) is 10.9 Å². The lowest BCUT2D eigenvalue weighted by molar-refractivity contribution is -0.251. The third-order valence-corrected chi connectivity index (χ3v) is 13.4. The van der Waals surface area contributed by atoms with E-state index in [1.807, 2.05) is 39.0 Å². The molecule has 13 nitrogen and oxygen atoms in total. The molecule has 1 saturated carbocycles. The van der Waals surface area contributed by atoms with Crippen molar-refractivity contribution in [2.75, 3.05) is 39.5 Å². The molecule has 0 bridgehead atoms. The number of aromatic nitrogens is 1. The van der Waals surface area contributed by atoms with Gasteiger partial charge in [0.05, 0.1) is 29.8 Å². The molecule has 1 amide bonds. The van der Waals surface area contributed by atoms with Crippen LogP contribution in [0.3, 0.4) is 0 Å². The van der Waals surface area contributed by atoms with Crippen LogP contribution in [0.2, 0.25) is 0 Å². The maximum atomic E-state index is 15.3. The van der Waals surface area contributed by atoms with Gasteiger partial charge >= 0.3 is 6.09 Å². The number of aliphatic hydroxyl groups excluding tert-OH is 2. The molecule has 6 atom stereocenters. The molecule has 2 heterocycles. The van der Waals surface area contributed by atoms with Gasteiger partial charge in [0, 0.05) is 55.8 Å². The van der Waals surface area contributed by atoms with Crippen LogP contribution in [0.1, 0.15) is 83.6 Å². The fourth-order valence-corrected chi connectivity index (χ4v) is 11.1. The molecule has 0 saturated heterocycles. The van der Waals surface area contributed by atoms with Gasteiger partial charge < -0.3 is 34.6 Å². The third kappa shape index (κ3) is 8.67. The predicted molar refractivity (Wildman–Crippen MR) is 222 cm³/mol. The Morgan fingerprint density at radius 1 is 1.09 bits per heavy atom. The molecule has 3 aliphatic rings. The summed E-state index contributed by atoms with van der Waals surface area (Å²) in [5, 5.41) is 27.8. The highest BCUT2D eigenvalue weighted by Gasteiger charge is 2.66. The molecule has 314 valence electrons. The Kier molecular flexibility index (Phi) is 14.6. The number of allylic oxidation sites excluding steroid dienone is 1. The van der Waals surface area contributed by atoms with E-state index in [1.165, 1.54) is 4.31 Å². The highest BCUT2D eigenvalue weighted by Crippen LogP contribution is 2.62. The van der Waals surface area contributed by atoms with Crippen LogP contribution in [-0.4, -0.2) is 91.1 Å². The van der Waals surface area contributed by atoms with Gasteiger partial charge in [-0.15, -0.1) is 6.58 Å². The summed E-state index contributed by atoms with van der Waals surface area (Å²) in [6.45, 7) is 10.6. The number of unbranched alkanes of at least 4 members (excludes halogenated alkanes) is 2. The van der Waals surface area contributed by atoms with Crippen LogP contribution in [0, 0.1) is 17.8 Å². The summed E-state index contributed by atoms with van der Waals surface area (Å²) in [5.41, 5.74) is 2.63. The van der Waals surface area contributed by atoms with Crippen molar-refractivity contribution in [1.29, 1.82) is 0 Å². The highest BCUT2D eigenvalue weighted by atomic mass is 32.2. The molecule has 0 radical (unpaired) electrons. The van der Waals surface area contributed by atoms with E-state index in [-0.39, 0.29) is 55.4 Å². The van der Waals surface area contributed by atoms with Gasteiger partial charge in [0.15, 0.2) is 0 Å². The Morgan fingerprint density at radius 2 is 1.86 bits per heavy atom. The molecule has 14 heteroatoms. The van der Waals surface area contributed by atoms with Gasteiger partial charge in [-0.3, -0.25) is 4.98 Å². The number of sulfonamides is 1. The van der Waals surface area contributed by atoms with Crippen LogP contribution in [0.15, 0.2) is 89.1 Å². The molecule has 1 aliphatic heterocycles. The topological polar surface area (TPSA) is 169 Å². The second-order valence-electron chi connectivity index (χ2n) is 15.1. The van der Waals surface area contributed by atoms with Crippen molar-refractivity contribution in [2.24, 2.45) is 22.9 Å². The van der Waals surface area contributed by atoms with Crippen molar-refractivity contribution in [2.45, 2.75) is 94.8 Å². The van der Waals surface area contributed by atoms with Crippen LogP contribution in [0.4, 0.5) is 4.79 Å². The SMILES string of the molecule is C=CCOC12Oc3ccc(OC(=O)NCC)cc3C3C(CCCCO)C(CCCCO)C=C(C(=NOCC)CC1N(CCC)S(=O)(=O)c1cccc4cccnc14)C32. The number of nitrogens with zero attached hydrogens (tertiary/aromatic N) is 3. The summed E-state index contributed by atoms with van der Waals surface area (Å²) in [6, 6.07) is 13.2. The predicted octanol–water partition coefficient (Wildman–Crippen LogP) is 7.10. The van der Waals surface area contributed by atoms with E-state index < -0.39 is 33.9 Å². The highest BCUT2D eigenvalue weighted by molar-refractivity contribution is 7.89. The first-order valence-corrected chi connectivity index (χ1v) is 22.1. The molecule has 1 fully saturated rings. The van der Waals surface area contributed by atoms with Crippen molar-refractivity contribution in [3.05, 3.63) is 84.6 Å². The van der Waals surface area contributed by atoms with Crippen LogP contribution in [0.5, 0.6) is 11.5 Å². The number of hydrogen-bond acceptors (Lipinski definition) is 11. The summed E-state index contributed by atoms with van der Waals surface area (Å²) in [4.78, 5) is 23.1. The lowest BCUT2D eigenvalue weighted by Crippen LogP contribution is -2.70. The van der Waals surface area contributed by atoms with Gasteiger partial charge in [0.25, 0.3) is 0 Å². The van der Waals surface area contributed by atoms with E-state index in [2.05, 4.69) is 23.0 Å². The van der Waals surface area contributed by atoms with Gasteiger partial charge in [-0.2, -0.15) is 4.31 Å². The number of aliphatic hydroxyl groups is 2. The Balaban J connectivity index is 1.64. The van der Waals surface area contributed by atoms with E-state index in [0.29, 0.717) is 60.5 Å². The van der Waals surface area contributed by atoms with Crippen molar-refractivity contribution >= 4 is 32.7 Å². The van der Waals surface area contributed by atoms with Crippen molar-refractivity contribution < 1.29 is 42.5 Å². The maximum Gasteiger partial charge on any atom is 0.412 e. The number of amides is 1. The van der Waals surface area contributed by atoms with Crippen LogP contribution >= 0.6 is 0 Å². The van der Waals surface area contributed by atoms with E-state index in [1.54, 1.807) is 42.6 Å². The number of ether oxygens (including phenoxy) is 3. The number of carbonyl (C=O) groups is 1.